The first-order valence-electron chi connectivity index (χ1n) is 18.3. The van der Waals surface area contributed by atoms with Gasteiger partial charge in [-0.3, -0.25) is 9.69 Å². The van der Waals surface area contributed by atoms with Gasteiger partial charge in [0.1, 0.15) is 28.9 Å². The van der Waals surface area contributed by atoms with Gasteiger partial charge < -0.3 is 50.0 Å². The summed E-state index contributed by atoms with van der Waals surface area (Å²) in [4.78, 5) is 21.9. The van der Waals surface area contributed by atoms with E-state index in [0.29, 0.717) is 32.6 Å². The minimum absolute atomic E-state index is 0.142. The van der Waals surface area contributed by atoms with Crippen LogP contribution in [-0.4, -0.2) is 146 Å². The quantitative estimate of drug-likeness (QED) is 0.152. The maximum absolute atomic E-state index is 13.6. The van der Waals surface area contributed by atoms with Crippen LogP contribution in [-0.2, 0) is 25.5 Å². The lowest BCUT2D eigenvalue weighted by Gasteiger charge is -2.46. The van der Waals surface area contributed by atoms with Gasteiger partial charge in [0.15, 0.2) is 6.29 Å². The topological polar surface area (TPSA) is 177 Å². The number of carbonyl (C=O) groups is 1. The number of nitrogens with one attached hydrogen (secondary N) is 1. The normalized spacial score (nSPS) is 41.8. The third-order valence-corrected chi connectivity index (χ3v) is 11.6. The van der Waals surface area contributed by atoms with Crippen molar-refractivity contribution in [3.63, 3.8) is 0 Å². The lowest BCUT2D eigenvalue weighted by atomic mass is 9.78. The second-order valence-electron chi connectivity index (χ2n) is 15.6. The van der Waals surface area contributed by atoms with Gasteiger partial charge in [0, 0.05) is 42.7 Å². The molecule has 1 unspecified atom stereocenters. The molecule has 0 spiro atoms. The summed E-state index contributed by atoms with van der Waals surface area (Å²) < 4.78 is 18.4. The van der Waals surface area contributed by atoms with E-state index in [2.05, 4.69) is 15.2 Å². The summed E-state index contributed by atoms with van der Waals surface area (Å²) >= 11 is 1.59. The molecule has 1 aromatic rings. The molecule has 2 saturated heterocycles. The zero-order valence-electron chi connectivity index (χ0n) is 31.9. The van der Waals surface area contributed by atoms with Crippen molar-refractivity contribution >= 4 is 17.3 Å². The van der Waals surface area contributed by atoms with Crippen LogP contribution in [0.5, 0.6) is 0 Å². The number of likely N-dealkylation sites (N-methyl/N-ethyl adjacent to an activating group) is 1. The van der Waals surface area contributed by atoms with Crippen LogP contribution in [0.15, 0.2) is 11.6 Å². The molecule has 0 aromatic carbocycles. The van der Waals surface area contributed by atoms with Crippen LogP contribution in [0.25, 0.3) is 0 Å². The van der Waals surface area contributed by atoms with Crippen LogP contribution in [0.1, 0.15) is 86.1 Å². The summed E-state index contributed by atoms with van der Waals surface area (Å²) in [6.07, 6.45) is -3.45. The number of nitrogens with zero attached hydrogens (tertiary/aromatic N) is 3. The molecule has 14 heteroatoms. The number of aliphatic hydroxyl groups excluding tert-OH is 3. The number of hydrogen-bond acceptors (Lipinski definition) is 14. The molecule has 14 atom stereocenters. The maximum atomic E-state index is 13.6. The summed E-state index contributed by atoms with van der Waals surface area (Å²) in [6, 6.07) is -0.793. The Morgan fingerprint density at radius 1 is 1.12 bits per heavy atom. The molecule has 0 saturated carbocycles. The highest BCUT2D eigenvalue weighted by Gasteiger charge is 2.50. The molecule has 2 fully saturated rings. The summed E-state index contributed by atoms with van der Waals surface area (Å²) in [5.74, 6) is -2.75. The average molecular weight is 731 g/mol. The SMILES string of the molecule is CC[C@H]1OC(=O)[C@H](C)[C@@H](O)[C@H](C)[C@@H](O[C@@H]2O[C@H](C)C[C@H](N(C)C)[C@H]2O)C(C)(O)C[C@H](C)CN(CCCNCc2nccs2)[C@H](C)[C@@H](O)[C@]1(C)O. The lowest BCUT2D eigenvalue weighted by molar-refractivity contribution is -0.299. The molecule has 3 heterocycles. The third-order valence-electron chi connectivity index (χ3n) is 10.8. The van der Waals surface area contributed by atoms with E-state index in [1.54, 1.807) is 38.3 Å². The van der Waals surface area contributed by atoms with E-state index in [0.717, 1.165) is 11.4 Å². The fourth-order valence-corrected chi connectivity index (χ4v) is 8.43. The highest BCUT2D eigenvalue weighted by molar-refractivity contribution is 7.09. The molecule has 13 nitrogen and oxygen atoms in total. The molecule has 290 valence electrons. The number of esters is 1. The molecule has 2 aliphatic heterocycles. The highest BCUT2D eigenvalue weighted by Crippen LogP contribution is 2.36. The van der Waals surface area contributed by atoms with Crippen LogP contribution in [0.2, 0.25) is 0 Å². The molecule has 0 radical (unpaired) electrons. The number of thiazole rings is 1. The molecule has 0 amide bonds. The van der Waals surface area contributed by atoms with Gasteiger partial charge in [-0.05, 0) is 93.4 Å². The third kappa shape index (κ3) is 10.9. The predicted molar refractivity (Wildman–Crippen MR) is 192 cm³/mol. The van der Waals surface area contributed by atoms with E-state index < -0.39 is 71.9 Å². The Hall–Kier alpha value is -1.30. The van der Waals surface area contributed by atoms with Gasteiger partial charge in [-0.2, -0.15) is 0 Å². The Morgan fingerprint density at radius 3 is 2.40 bits per heavy atom. The van der Waals surface area contributed by atoms with Gasteiger partial charge in [-0.15, -0.1) is 11.3 Å². The first kappa shape index (κ1) is 43.1. The monoisotopic (exact) mass is 730 g/mol. The largest absolute Gasteiger partial charge is 0.459 e. The number of aliphatic hydroxyl groups is 5. The van der Waals surface area contributed by atoms with Crippen LogP contribution in [0.4, 0.5) is 0 Å². The second kappa shape index (κ2) is 18.6. The van der Waals surface area contributed by atoms with E-state index >= 15 is 0 Å². The Morgan fingerprint density at radius 2 is 1.80 bits per heavy atom. The fourth-order valence-electron chi connectivity index (χ4n) is 7.84. The molecule has 0 bridgehead atoms. The van der Waals surface area contributed by atoms with Crippen molar-refractivity contribution in [2.24, 2.45) is 17.8 Å². The Kier molecular flexibility index (Phi) is 16.1. The minimum atomic E-state index is -1.80. The van der Waals surface area contributed by atoms with Crippen molar-refractivity contribution in [3.05, 3.63) is 16.6 Å². The summed E-state index contributed by atoms with van der Waals surface area (Å²) in [6.45, 7) is 16.3. The van der Waals surface area contributed by atoms with E-state index in [-0.39, 0.29) is 30.9 Å². The van der Waals surface area contributed by atoms with E-state index in [9.17, 15) is 30.3 Å². The van der Waals surface area contributed by atoms with Gasteiger partial charge in [0.2, 0.25) is 0 Å². The van der Waals surface area contributed by atoms with Gasteiger partial charge in [0.25, 0.3) is 0 Å². The smallest absolute Gasteiger partial charge is 0.311 e. The van der Waals surface area contributed by atoms with Gasteiger partial charge in [-0.25, -0.2) is 4.98 Å². The molecule has 50 heavy (non-hydrogen) atoms. The standard InChI is InChI=1S/C36H66N4O9S/c1-11-27-36(8,46)31(43)25(6)40(15-12-13-37-19-28-38-14-16-50-28)20-21(2)18-35(7,45)32(23(4)29(41)24(5)33(44)48-27)49-34-30(42)26(39(9)10)17-22(3)47-34/h14,16,21-27,29-32,34,37,41-43,45-46H,11-13,15,17-20H2,1-10H3/t21-,22+,23-,24+,25+,26-,27+,29-,30+,31+,32+,34-,35?,36+/m0/s1. The Labute approximate surface area is 303 Å². The van der Waals surface area contributed by atoms with E-state index in [4.69, 9.17) is 14.2 Å². The molecule has 3 rings (SSSR count). The molecule has 1 aromatic heterocycles. The zero-order chi connectivity index (χ0) is 37.6. The summed E-state index contributed by atoms with van der Waals surface area (Å²) in [5.41, 5.74) is -3.34. The number of carbonyl (C=O) groups excluding carboxylic acids is 1. The van der Waals surface area contributed by atoms with Crippen molar-refractivity contribution in [1.82, 2.24) is 20.1 Å². The van der Waals surface area contributed by atoms with Crippen molar-refractivity contribution in [2.75, 3.05) is 33.7 Å². The van der Waals surface area contributed by atoms with E-state index in [1.165, 1.54) is 13.8 Å². The predicted octanol–water partition coefficient (Wildman–Crippen LogP) is 1.98. The van der Waals surface area contributed by atoms with Gasteiger partial charge >= 0.3 is 5.97 Å². The Bertz CT molecular complexity index is 1160. The van der Waals surface area contributed by atoms with Crippen molar-refractivity contribution in [1.29, 1.82) is 0 Å². The number of cyclic esters (lactones) is 1. The van der Waals surface area contributed by atoms with E-state index in [1.807, 2.05) is 45.1 Å². The molecular formula is C36H66N4O9S. The molecular weight excluding hydrogens is 664 g/mol. The van der Waals surface area contributed by atoms with Crippen molar-refractivity contribution in [2.45, 2.75) is 154 Å². The number of ether oxygens (including phenoxy) is 3. The first-order chi connectivity index (χ1) is 23.3. The number of rotatable bonds is 10. The fraction of sp³-hybridized carbons (Fsp3) is 0.889. The average Bonchev–Trinajstić information content (AvgIpc) is 3.57. The minimum Gasteiger partial charge on any atom is -0.459 e. The molecule has 2 aliphatic rings. The number of hydrogen-bond donors (Lipinski definition) is 6. The second-order valence-corrected chi connectivity index (χ2v) is 16.6. The van der Waals surface area contributed by atoms with Gasteiger partial charge in [0.05, 0.1) is 29.8 Å². The summed E-state index contributed by atoms with van der Waals surface area (Å²) in [5, 5.41) is 65.0. The van der Waals surface area contributed by atoms with Crippen LogP contribution in [0, 0.1) is 17.8 Å². The molecule has 0 aliphatic carbocycles. The first-order valence-corrected chi connectivity index (χ1v) is 19.2. The Balaban J connectivity index is 1.96. The van der Waals surface area contributed by atoms with Gasteiger partial charge in [-0.1, -0.05) is 20.8 Å². The lowest BCUT2D eigenvalue weighted by Crippen LogP contribution is -2.59. The van der Waals surface area contributed by atoms with Crippen LogP contribution < -0.4 is 5.32 Å². The maximum Gasteiger partial charge on any atom is 0.311 e. The highest BCUT2D eigenvalue weighted by atomic mass is 32.1. The zero-order valence-corrected chi connectivity index (χ0v) is 32.7. The van der Waals surface area contributed by atoms with Crippen LogP contribution in [0.3, 0.4) is 0 Å². The number of aromatic nitrogens is 1. The van der Waals surface area contributed by atoms with Crippen LogP contribution >= 0.6 is 11.3 Å². The summed E-state index contributed by atoms with van der Waals surface area (Å²) in [7, 11) is 3.76. The van der Waals surface area contributed by atoms with Crippen molar-refractivity contribution in [3.8, 4) is 0 Å². The van der Waals surface area contributed by atoms with Crippen molar-refractivity contribution < 1.29 is 44.5 Å². The molecule has 6 N–H and O–H groups in total.